The van der Waals surface area contributed by atoms with Crippen LogP contribution in [0.15, 0.2) is 115 Å². The number of benzene rings is 6. The summed E-state index contributed by atoms with van der Waals surface area (Å²) in [7, 11) is 0. The van der Waals surface area contributed by atoms with Crippen LogP contribution in [0.3, 0.4) is 0 Å². The molecule has 0 radical (unpaired) electrons. The van der Waals surface area contributed by atoms with Gasteiger partial charge in [-0.25, -0.2) is 0 Å². The van der Waals surface area contributed by atoms with Gasteiger partial charge in [-0.3, -0.25) is 0 Å². The van der Waals surface area contributed by atoms with Gasteiger partial charge in [-0.15, -0.1) is 22.7 Å². The molecule has 0 atom stereocenters. The predicted octanol–water partition coefficient (Wildman–Crippen LogP) is 11.0. The summed E-state index contributed by atoms with van der Waals surface area (Å²) < 4.78 is 4.63. The number of nitriles is 3. The molecule has 0 aliphatic carbocycles. The van der Waals surface area contributed by atoms with Crippen molar-refractivity contribution in [3.05, 3.63) is 132 Å². The molecule has 0 aliphatic rings. The van der Waals surface area contributed by atoms with E-state index in [0.29, 0.717) is 16.7 Å². The first-order valence-corrected chi connectivity index (χ1v) is 15.6. The smallest absolute Gasteiger partial charge is 0.0998 e. The number of nitrogens with zero attached hydrogens (tertiary/aromatic N) is 3. The third-order valence-corrected chi connectivity index (χ3v) is 10.4. The molecule has 0 unspecified atom stereocenters. The van der Waals surface area contributed by atoms with Crippen LogP contribution < -0.4 is 0 Å². The van der Waals surface area contributed by atoms with Crippen molar-refractivity contribution in [2.24, 2.45) is 0 Å². The first kappa shape index (κ1) is 25.9. The first-order valence-electron chi connectivity index (χ1n) is 14.0. The average Bonchev–Trinajstić information content (AvgIpc) is 3.65. The third-order valence-electron chi connectivity index (χ3n) is 8.16. The molecule has 0 spiro atoms. The number of thiophene rings is 2. The molecule has 2 heterocycles. The lowest BCUT2D eigenvalue weighted by Crippen LogP contribution is -1.89. The van der Waals surface area contributed by atoms with Gasteiger partial charge < -0.3 is 0 Å². The summed E-state index contributed by atoms with van der Waals surface area (Å²) in [6.45, 7) is 0. The van der Waals surface area contributed by atoms with Crippen LogP contribution in [-0.4, -0.2) is 0 Å². The van der Waals surface area contributed by atoms with Gasteiger partial charge in [0.15, 0.2) is 0 Å². The Morgan fingerprint density at radius 1 is 0.409 bits per heavy atom. The second kappa shape index (κ2) is 10.2. The van der Waals surface area contributed by atoms with E-state index in [1.807, 2.05) is 60.7 Å². The summed E-state index contributed by atoms with van der Waals surface area (Å²) in [4.78, 5) is 0. The highest BCUT2D eigenvalue weighted by molar-refractivity contribution is 7.26. The van der Waals surface area contributed by atoms with Gasteiger partial charge in [-0.1, -0.05) is 36.4 Å². The van der Waals surface area contributed by atoms with Crippen molar-refractivity contribution < 1.29 is 0 Å². The van der Waals surface area contributed by atoms with Crippen LogP contribution in [0.4, 0.5) is 0 Å². The van der Waals surface area contributed by atoms with Gasteiger partial charge in [0.05, 0.1) is 34.9 Å². The maximum absolute atomic E-state index is 9.98. The number of hydrogen-bond donors (Lipinski definition) is 0. The van der Waals surface area contributed by atoms with Gasteiger partial charge in [0, 0.05) is 40.3 Å². The minimum absolute atomic E-state index is 0.622. The van der Waals surface area contributed by atoms with E-state index in [9.17, 15) is 15.8 Å². The van der Waals surface area contributed by atoms with Crippen LogP contribution in [0, 0.1) is 34.0 Å². The average molecular weight is 594 g/mol. The lowest BCUT2D eigenvalue weighted by atomic mass is 9.90. The molecule has 44 heavy (non-hydrogen) atoms. The highest BCUT2D eigenvalue weighted by Gasteiger charge is 2.16. The standard InChI is InChI=1S/C39H19N3S2/c40-20-23-8-11-35-32(14-23)33-19-25(10-13-36(33)43-35)27-16-28(30-5-2-1-4-26(30)22-42)18-29(17-27)31-6-3-7-38-39(31)34-15-24(21-41)9-12-37(34)44-38/h1-19H. The van der Waals surface area contributed by atoms with Crippen molar-refractivity contribution >= 4 is 63.0 Å². The van der Waals surface area contributed by atoms with Gasteiger partial charge >= 0.3 is 0 Å². The molecular weight excluding hydrogens is 575 g/mol. The zero-order chi connectivity index (χ0) is 29.8. The fourth-order valence-electron chi connectivity index (χ4n) is 6.10. The fourth-order valence-corrected chi connectivity index (χ4v) is 8.28. The lowest BCUT2D eigenvalue weighted by molar-refractivity contribution is 1.48. The van der Waals surface area contributed by atoms with Gasteiger partial charge in [0.25, 0.3) is 0 Å². The molecule has 0 amide bonds. The van der Waals surface area contributed by atoms with Crippen molar-refractivity contribution in [2.45, 2.75) is 0 Å². The minimum Gasteiger partial charge on any atom is -0.192 e. The summed E-state index contributed by atoms with van der Waals surface area (Å²) in [5.74, 6) is 0. The van der Waals surface area contributed by atoms with Crippen molar-refractivity contribution in [1.82, 2.24) is 0 Å². The van der Waals surface area contributed by atoms with Crippen molar-refractivity contribution in [3.63, 3.8) is 0 Å². The van der Waals surface area contributed by atoms with E-state index < -0.39 is 0 Å². The second-order valence-electron chi connectivity index (χ2n) is 10.7. The van der Waals surface area contributed by atoms with Crippen molar-refractivity contribution in [2.75, 3.05) is 0 Å². The van der Waals surface area contributed by atoms with E-state index in [-0.39, 0.29) is 0 Å². The molecule has 8 rings (SSSR count). The largest absolute Gasteiger partial charge is 0.192 e. The summed E-state index contributed by atoms with van der Waals surface area (Å²) in [6.07, 6.45) is 0. The Morgan fingerprint density at radius 2 is 1.00 bits per heavy atom. The molecule has 0 saturated heterocycles. The molecule has 0 bridgehead atoms. The molecule has 8 aromatic rings. The fraction of sp³-hybridized carbons (Fsp3) is 0. The van der Waals surface area contributed by atoms with Crippen molar-refractivity contribution in [3.8, 4) is 51.6 Å². The molecule has 6 aromatic carbocycles. The molecular formula is C39H19N3S2. The molecule has 0 saturated carbocycles. The quantitative estimate of drug-likeness (QED) is 0.205. The van der Waals surface area contributed by atoms with Gasteiger partial charge in [0.2, 0.25) is 0 Å². The number of fused-ring (bicyclic) bond motifs is 6. The lowest BCUT2D eigenvalue weighted by Gasteiger charge is -2.13. The summed E-state index contributed by atoms with van der Waals surface area (Å²) >= 11 is 3.46. The minimum atomic E-state index is 0.622. The van der Waals surface area contributed by atoms with E-state index in [2.05, 4.69) is 72.8 Å². The highest BCUT2D eigenvalue weighted by atomic mass is 32.1. The van der Waals surface area contributed by atoms with Crippen LogP contribution in [0.2, 0.25) is 0 Å². The Kier molecular flexibility index (Phi) is 6.00. The van der Waals surface area contributed by atoms with E-state index in [1.54, 1.807) is 22.7 Å². The van der Waals surface area contributed by atoms with Crippen LogP contribution in [-0.2, 0) is 0 Å². The van der Waals surface area contributed by atoms with Crippen LogP contribution >= 0.6 is 22.7 Å². The second-order valence-corrected chi connectivity index (χ2v) is 12.9. The summed E-state index contributed by atoms with van der Waals surface area (Å²) in [5.41, 5.74) is 7.98. The maximum atomic E-state index is 9.98. The Balaban J connectivity index is 1.42. The Bertz CT molecular complexity index is 2600. The molecule has 0 N–H and O–H groups in total. The van der Waals surface area contributed by atoms with E-state index in [1.165, 1.54) is 4.70 Å². The van der Waals surface area contributed by atoms with Gasteiger partial charge in [-0.2, -0.15) is 15.8 Å². The molecule has 5 heteroatoms. The Morgan fingerprint density at radius 3 is 1.75 bits per heavy atom. The predicted molar refractivity (Wildman–Crippen MR) is 183 cm³/mol. The van der Waals surface area contributed by atoms with Crippen LogP contribution in [0.5, 0.6) is 0 Å². The van der Waals surface area contributed by atoms with Crippen LogP contribution in [0.25, 0.3) is 73.7 Å². The Hall–Kier alpha value is -5.77. The molecule has 2 aromatic heterocycles. The summed E-state index contributed by atoms with van der Waals surface area (Å²) in [6, 6.07) is 45.9. The molecule has 0 aliphatic heterocycles. The molecule has 202 valence electrons. The topological polar surface area (TPSA) is 71.4 Å². The van der Waals surface area contributed by atoms with E-state index >= 15 is 0 Å². The summed E-state index contributed by atoms with van der Waals surface area (Å²) in [5, 5.41) is 33.5. The Labute approximate surface area is 261 Å². The maximum Gasteiger partial charge on any atom is 0.0998 e. The first-order chi connectivity index (χ1) is 21.6. The molecule has 3 nitrogen and oxygen atoms in total. The zero-order valence-corrected chi connectivity index (χ0v) is 24.8. The number of hydrogen-bond acceptors (Lipinski definition) is 5. The number of rotatable bonds is 3. The monoisotopic (exact) mass is 593 g/mol. The molecule has 0 fully saturated rings. The third kappa shape index (κ3) is 4.14. The zero-order valence-electron chi connectivity index (χ0n) is 23.1. The SMILES string of the molecule is N#Cc1ccc2sc3ccc(-c4cc(-c5ccccc5C#N)cc(-c5cccc6sc7ccc(C#N)cc7c56)c4)cc3c2c1. The van der Waals surface area contributed by atoms with E-state index in [4.69, 9.17) is 0 Å². The highest BCUT2D eigenvalue weighted by Crippen LogP contribution is 2.43. The van der Waals surface area contributed by atoms with E-state index in [0.717, 1.165) is 69.0 Å². The van der Waals surface area contributed by atoms with Gasteiger partial charge in [-0.05, 0) is 112 Å². The van der Waals surface area contributed by atoms with Crippen LogP contribution in [0.1, 0.15) is 16.7 Å². The van der Waals surface area contributed by atoms with Gasteiger partial charge in [0.1, 0.15) is 0 Å². The van der Waals surface area contributed by atoms with Crippen molar-refractivity contribution in [1.29, 1.82) is 15.8 Å². The normalized spacial score (nSPS) is 11.1.